The van der Waals surface area contributed by atoms with Gasteiger partial charge in [0, 0.05) is 18.1 Å². The molecule has 0 amide bonds. The van der Waals surface area contributed by atoms with E-state index in [1.54, 1.807) is 0 Å². The van der Waals surface area contributed by atoms with Crippen molar-refractivity contribution < 1.29 is 14.0 Å². The third-order valence-corrected chi connectivity index (χ3v) is 4.01. The molecule has 128 valence electrons. The zero-order chi connectivity index (χ0) is 16.8. The molecule has 0 unspecified atom stereocenters. The second-order valence-corrected chi connectivity index (χ2v) is 6.11. The van der Waals surface area contributed by atoms with Crippen LogP contribution in [0.1, 0.15) is 41.8 Å². The average Bonchev–Trinajstić information content (AvgIpc) is 3.23. The number of rotatable bonds is 8. The number of benzene rings is 1. The van der Waals surface area contributed by atoms with Crippen LogP contribution in [-0.4, -0.2) is 30.8 Å². The second kappa shape index (κ2) is 7.99. The molecule has 0 atom stereocenters. The van der Waals surface area contributed by atoms with Gasteiger partial charge in [0.05, 0.1) is 18.8 Å². The van der Waals surface area contributed by atoms with E-state index in [0.717, 1.165) is 73.1 Å². The number of hydrogen-bond acceptors (Lipinski definition) is 5. The number of aryl methyl sites for hydroxylation is 3. The molecule has 0 spiro atoms. The lowest BCUT2D eigenvalue weighted by Gasteiger charge is -2.10. The monoisotopic (exact) mass is 328 g/mol. The number of unbranched alkanes of at least 4 members (excludes halogenated alkanes) is 2. The Bertz CT molecular complexity index is 706. The Morgan fingerprint density at radius 1 is 1.12 bits per heavy atom. The van der Waals surface area contributed by atoms with Crippen molar-refractivity contribution >= 4 is 5.90 Å². The minimum absolute atomic E-state index is 0.681. The third kappa shape index (κ3) is 4.37. The molecule has 0 bridgehead atoms. The van der Waals surface area contributed by atoms with Crippen molar-refractivity contribution in [1.29, 1.82) is 0 Å². The molecule has 1 aliphatic heterocycles. The third-order valence-electron chi connectivity index (χ3n) is 4.01. The van der Waals surface area contributed by atoms with Crippen LogP contribution in [0.3, 0.4) is 0 Å². The Morgan fingerprint density at radius 2 is 2.04 bits per heavy atom. The Balaban J connectivity index is 1.38. The fraction of sp³-hybridized carbons (Fsp3) is 0.474. The Hall–Kier alpha value is -2.30. The molecule has 5 heteroatoms. The quantitative estimate of drug-likeness (QED) is 0.691. The van der Waals surface area contributed by atoms with Crippen LogP contribution >= 0.6 is 0 Å². The number of ether oxygens (including phenoxy) is 2. The summed E-state index contributed by atoms with van der Waals surface area (Å²) in [7, 11) is 0. The van der Waals surface area contributed by atoms with Crippen LogP contribution in [0.4, 0.5) is 0 Å². The molecule has 0 radical (unpaired) electrons. The van der Waals surface area contributed by atoms with Crippen LogP contribution in [0, 0.1) is 13.8 Å². The Kier molecular flexibility index (Phi) is 5.51. The number of aromatic nitrogens is 1. The van der Waals surface area contributed by atoms with Gasteiger partial charge in [-0.2, -0.15) is 0 Å². The van der Waals surface area contributed by atoms with Crippen LogP contribution in [0.2, 0.25) is 0 Å². The van der Waals surface area contributed by atoms with E-state index >= 15 is 0 Å². The molecular weight excluding hydrogens is 304 g/mol. The molecule has 24 heavy (non-hydrogen) atoms. The van der Waals surface area contributed by atoms with E-state index in [9.17, 15) is 0 Å². The molecule has 1 aromatic carbocycles. The van der Waals surface area contributed by atoms with Gasteiger partial charge in [-0.05, 0) is 56.9 Å². The van der Waals surface area contributed by atoms with Crippen molar-refractivity contribution in [2.24, 2.45) is 4.99 Å². The fourth-order valence-electron chi connectivity index (χ4n) is 2.75. The van der Waals surface area contributed by atoms with E-state index in [0.29, 0.717) is 6.61 Å². The maximum absolute atomic E-state index is 5.89. The molecule has 3 rings (SSSR count). The Morgan fingerprint density at radius 3 is 2.75 bits per heavy atom. The summed E-state index contributed by atoms with van der Waals surface area (Å²) < 4.78 is 16.6. The molecule has 2 heterocycles. The van der Waals surface area contributed by atoms with Crippen LogP contribution in [0.15, 0.2) is 33.8 Å². The highest BCUT2D eigenvalue weighted by molar-refractivity contribution is 5.95. The van der Waals surface area contributed by atoms with Gasteiger partial charge in [0.1, 0.15) is 18.1 Å². The van der Waals surface area contributed by atoms with Gasteiger partial charge in [-0.3, -0.25) is 0 Å². The van der Waals surface area contributed by atoms with Crippen molar-refractivity contribution in [2.45, 2.75) is 39.5 Å². The van der Waals surface area contributed by atoms with Crippen molar-refractivity contribution in [3.63, 3.8) is 0 Å². The van der Waals surface area contributed by atoms with Crippen LogP contribution < -0.4 is 4.74 Å². The maximum atomic E-state index is 5.89. The maximum Gasteiger partial charge on any atom is 0.216 e. The highest BCUT2D eigenvalue weighted by Crippen LogP contribution is 2.21. The zero-order valence-corrected chi connectivity index (χ0v) is 14.4. The molecule has 2 aromatic rings. The van der Waals surface area contributed by atoms with Crippen LogP contribution in [0.25, 0.3) is 0 Å². The van der Waals surface area contributed by atoms with Crippen molar-refractivity contribution in [3.05, 3.63) is 46.8 Å². The first kappa shape index (κ1) is 16.6. The molecule has 5 nitrogen and oxygen atoms in total. The van der Waals surface area contributed by atoms with Crippen molar-refractivity contribution in [1.82, 2.24) is 5.16 Å². The SMILES string of the molecule is Cc1cc(CCCCCOc2ccc(C3=NCCO3)cc2C)on1. The largest absolute Gasteiger partial charge is 0.493 e. The predicted molar refractivity (Wildman–Crippen MR) is 92.8 cm³/mol. The van der Waals surface area contributed by atoms with Gasteiger partial charge in [0.2, 0.25) is 5.90 Å². The van der Waals surface area contributed by atoms with E-state index in [1.807, 2.05) is 25.1 Å². The summed E-state index contributed by atoms with van der Waals surface area (Å²) in [5.41, 5.74) is 3.09. The second-order valence-electron chi connectivity index (χ2n) is 6.11. The standard InChI is InChI=1S/C19H24N2O3/c1-14-12-16(19-20-9-11-23-19)7-8-18(14)22-10-5-3-4-6-17-13-15(2)21-24-17/h7-8,12-13H,3-6,9-11H2,1-2H3. The lowest BCUT2D eigenvalue weighted by molar-refractivity contribution is 0.301. The molecule has 0 aliphatic carbocycles. The lowest BCUT2D eigenvalue weighted by Crippen LogP contribution is -2.03. The minimum atomic E-state index is 0.681. The lowest BCUT2D eigenvalue weighted by atomic mass is 10.1. The average molecular weight is 328 g/mol. The van der Waals surface area contributed by atoms with Gasteiger partial charge in [-0.25, -0.2) is 4.99 Å². The van der Waals surface area contributed by atoms with Crippen molar-refractivity contribution in [3.8, 4) is 5.75 Å². The topological polar surface area (TPSA) is 56.9 Å². The predicted octanol–water partition coefficient (Wildman–Crippen LogP) is 3.86. The normalized spacial score (nSPS) is 13.7. The molecular formula is C19H24N2O3. The number of hydrogen-bond donors (Lipinski definition) is 0. The molecule has 0 saturated carbocycles. The zero-order valence-electron chi connectivity index (χ0n) is 14.4. The summed E-state index contributed by atoms with van der Waals surface area (Å²) in [5.74, 6) is 2.65. The summed E-state index contributed by atoms with van der Waals surface area (Å²) in [6.45, 7) is 6.16. The van der Waals surface area contributed by atoms with E-state index < -0.39 is 0 Å². The summed E-state index contributed by atoms with van der Waals surface area (Å²) in [6, 6.07) is 8.09. The van der Waals surface area contributed by atoms with Gasteiger partial charge < -0.3 is 14.0 Å². The summed E-state index contributed by atoms with van der Waals surface area (Å²) in [6.07, 6.45) is 4.18. The molecule has 0 fully saturated rings. The van der Waals surface area contributed by atoms with E-state index in [4.69, 9.17) is 14.0 Å². The summed E-state index contributed by atoms with van der Waals surface area (Å²) in [4.78, 5) is 4.34. The van der Waals surface area contributed by atoms with E-state index in [-0.39, 0.29) is 0 Å². The molecule has 0 saturated heterocycles. The summed E-state index contributed by atoms with van der Waals surface area (Å²) >= 11 is 0. The van der Waals surface area contributed by atoms with Gasteiger partial charge in [0.25, 0.3) is 0 Å². The molecule has 0 N–H and O–H groups in total. The van der Waals surface area contributed by atoms with Crippen LogP contribution in [0.5, 0.6) is 5.75 Å². The van der Waals surface area contributed by atoms with Gasteiger partial charge in [-0.1, -0.05) is 5.16 Å². The molecule has 1 aromatic heterocycles. The first-order valence-corrected chi connectivity index (χ1v) is 8.55. The summed E-state index contributed by atoms with van der Waals surface area (Å²) in [5, 5.41) is 3.90. The van der Waals surface area contributed by atoms with E-state index in [2.05, 4.69) is 23.1 Å². The van der Waals surface area contributed by atoms with Gasteiger partial charge >= 0.3 is 0 Å². The Labute approximate surface area is 142 Å². The van der Waals surface area contributed by atoms with Gasteiger partial charge in [-0.15, -0.1) is 0 Å². The first-order chi connectivity index (χ1) is 11.7. The number of nitrogens with zero attached hydrogens (tertiary/aromatic N) is 2. The highest BCUT2D eigenvalue weighted by Gasteiger charge is 2.11. The highest BCUT2D eigenvalue weighted by atomic mass is 16.5. The van der Waals surface area contributed by atoms with Crippen molar-refractivity contribution in [2.75, 3.05) is 19.8 Å². The fourth-order valence-corrected chi connectivity index (χ4v) is 2.75. The minimum Gasteiger partial charge on any atom is -0.493 e. The molecule has 1 aliphatic rings. The van der Waals surface area contributed by atoms with E-state index in [1.165, 1.54) is 0 Å². The number of aliphatic imine (C=N–C) groups is 1. The van der Waals surface area contributed by atoms with Gasteiger partial charge in [0.15, 0.2) is 0 Å². The van der Waals surface area contributed by atoms with Crippen LogP contribution in [-0.2, 0) is 11.2 Å². The smallest absolute Gasteiger partial charge is 0.216 e. The first-order valence-electron chi connectivity index (χ1n) is 8.55.